The van der Waals surface area contributed by atoms with Crippen LogP contribution in [-0.4, -0.2) is 15.4 Å². The number of aliphatic hydroxyl groups excluding tert-OH is 1. The van der Waals surface area contributed by atoms with Crippen LogP contribution in [0.4, 0.5) is 4.39 Å². The third-order valence-electron chi connectivity index (χ3n) is 2.19. The molecule has 1 heterocycles. The zero-order valence-corrected chi connectivity index (χ0v) is 8.88. The highest BCUT2D eigenvalue weighted by atomic mass is 79.9. The van der Waals surface area contributed by atoms with Crippen LogP contribution in [-0.2, 0) is 0 Å². The lowest BCUT2D eigenvalue weighted by Crippen LogP contribution is -1.97. The molecule has 0 aliphatic heterocycles. The number of hydrogen-bond acceptors (Lipinski definition) is 1. The number of nitrogens with one attached hydrogen (secondary N) is 1. The van der Waals surface area contributed by atoms with Crippen LogP contribution in [0.3, 0.4) is 0 Å². The second kappa shape index (κ2) is 3.71. The first-order valence-corrected chi connectivity index (χ1v) is 5.35. The van der Waals surface area contributed by atoms with E-state index in [2.05, 4.69) is 20.9 Å². The van der Waals surface area contributed by atoms with Crippen molar-refractivity contribution in [2.45, 2.75) is 6.10 Å². The molecule has 1 aromatic heterocycles. The van der Waals surface area contributed by atoms with Crippen molar-refractivity contribution in [3.05, 3.63) is 35.8 Å². The molecule has 2 nitrogen and oxygen atoms in total. The Kier molecular flexibility index (Phi) is 2.56. The van der Waals surface area contributed by atoms with E-state index < -0.39 is 6.10 Å². The minimum Gasteiger partial charge on any atom is -0.387 e. The molecule has 2 aromatic rings. The van der Waals surface area contributed by atoms with E-state index >= 15 is 0 Å². The summed E-state index contributed by atoms with van der Waals surface area (Å²) in [5.41, 5.74) is 1.30. The van der Waals surface area contributed by atoms with Gasteiger partial charge in [-0.3, -0.25) is 0 Å². The second-order valence-electron chi connectivity index (χ2n) is 3.08. The molecule has 0 fully saturated rings. The Balaban J connectivity index is 2.67. The first kappa shape index (κ1) is 9.68. The Labute approximate surface area is 88.9 Å². The van der Waals surface area contributed by atoms with Crippen LogP contribution in [0.5, 0.6) is 0 Å². The number of fused-ring (bicyclic) bond motifs is 1. The van der Waals surface area contributed by atoms with Gasteiger partial charge in [0.1, 0.15) is 5.82 Å². The Morgan fingerprint density at radius 2 is 2.29 bits per heavy atom. The van der Waals surface area contributed by atoms with Crippen molar-refractivity contribution in [1.29, 1.82) is 0 Å². The van der Waals surface area contributed by atoms with Crippen LogP contribution < -0.4 is 0 Å². The summed E-state index contributed by atoms with van der Waals surface area (Å²) in [6, 6.07) is 4.81. The van der Waals surface area contributed by atoms with Crippen molar-refractivity contribution in [1.82, 2.24) is 4.98 Å². The van der Waals surface area contributed by atoms with Gasteiger partial charge in [0.05, 0.1) is 6.10 Å². The number of aromatic amines is 1. The molecular formula is C10H9BrFNO. The van der Waals surface area contributed by atoms with Gasteiger partial charge in [0, 0.05) is 28.0 Å². The molecule has 0 saturated heterocycles. The third-order valence-corrected chi connectivity index (χ3v) is 2.80. The molecule has 0 amide bonds. The molecule has 1 aromatic carbocycles. The number of aromatic nitrogens is 1. The standard InChI is InChI=1S/C10H9BrFNO/c11-4-9(14)6-5-13-8-3-1-2-7(12)10(6)8/h1-3,5,9,13-14H,4H2. The lowest BCUT2D eigenvalue weighted by Gasteiger charge is -2.04. The molecule has 0 aliphatic carbocycles. The van der Waals surface area contributed by atoms with E-state index in [4.69, 9.17) is 0 Å². The molecule has 0 bridgehead atoms. The van der Waals surface area contributed by atoms with E-state index in [0.717, 1.165) is 0 Å². The molecule has 1 unspecified atom stereocenters. The van der Waals surface area contributed by atoms with E-state index in [0.29, 0.717) is 21.8 Å². The largest absolute Gasteiger partial charge is 0.387 e. The topological polar surface area (TPSA) is 36.0 Å². The van der Waals surface area contributed by atoms with Gasteiger partial charge in [0.25, 0.3) is 0 Å². The van der Waals surface area contributed by atoms with Gasteiger partial charge in [-0.1, -0.05) is 22.0 Å². The highest BCUT2D eigenvalue weighted by Crippen LogP contribution is 2.27. The van der Waals surface area contributed by atoms with Crippen LogP contribution in [0.15, 0.2) is 24.4 Å². The normalized spacial score (nSPS) is 13.4. The lowest BCUT2D eigenvalue weighted by atomic mass is 10.1. The van der Waals surface area contributed by atoms with Gasteiger partial charge < -0.3 is 10.1 Å². The summed E-state index contributed by atoms with van der Waals surface area (Å²) in [4.78, 5) is 2.92. The van der Waals surface area contributed by atoms with Gasteiger partial charge in [0.15, 0.2) is 0 Å². The first-order chi connectivity index (χ1) is 6.74. The number of H-pyrrole nitrogens is 1. The summed E-state index contributed by atoms with van der Waals surface area (Å²) in [6.45, 7) is 0. The van der Waals surface area contributed by atoms with Gasteiger partial charge in [0.2, 0.25) is 0 Å². The van der Waals surface area contributed by atoms with Gasteiger partial charge in [-0.2, -0.15) is 0 Å². The van der Waals surface area contributed by atoms with Gasteiger partial charge in [-0.25, -0.2) is 4.39 Å². The van der Waals surface area contributed by atoms with Gasteiger partial charge >= 0.3 is 0 Å². The van der Waals surface area contributed by atoms with E-state index in [1.807, 2.05) is 0 Å². The molecular weight excluding hydrogens is 249 g/mol. The number of halogens is 2. The van der Waals surface area contributed by atoms with E-state index in [-0.39, 0.29) is 5.82 Å². The molecule has 74 valence electrons. The Hall–Kier alpha value is -0.870. The summed E-state index contributed by atoms with van der Waals surface area (Å²) in [6.07, 6.45) is 0.959. The molecule has 2 rings (SSSR count). The maximum absolute atomic E-state index is 13.4. The predicted molar refractivity (Wildman–Crippen MR) is 57.0 cm³/mol. The molecule has 0 aliphatic rings. The smallest absolute Gasteiger partial charge is 0.132 e. The number of aliphatic hydroxyl groups is 1. The zero-order valence-electron chi connectivity index (χ0n) is 7.30. The fourth-order valence-corrected chi connectivity index (χ4v) is 1.86. The van der Waals surface area contributed by atoms with Crippen LogP contribution >= 0.6 is 15.9 Å². The average molecular weight is 258 g/mol. The van der Waals surface area contributed by atoms with Crippen molar-refractivity contribution in [2.75, 3.05) is 5.33 Å². The fraction of sp³-hybridized carbons (Fsp3) is 0.200. The Morgan fingerprint density at radius 3 is 3.00 bits per heavy atom. The number of alkyl halides is 1. The second-order valence-corrected chi connectivity index (χ2v) is 3.72. The fourth-order valence-electron chi connectivity index (χ4n) is 1.51. The lowest BCUT2D eigenvalue weighted by molar-refractivity contribution is 0.207. The highest BCUT2D eigenvalue weighted by molar-refractivity contribution is 9.09. The molecule has 0 radical (unpaired) electrons. The Bertz CT molecular complexity index is 454. The molecule has 0 spiro atoms. The zero-order chi connectivity index (χ0) is 10.1. The molecule has 1 atom stereocenters. The summed E-state index contributed by atoms with van der Waals surface area (Å²) < 4.78 is 13.4. The average Bonchev–Trinajstić information content (AvgIpc) is 2.62. The maximum atomic E-state index is 13.4. The quantitative estimate of drug-likeness (QED) is 0.798. The minimum atomic E-state index is -0.680. The van der Waals surface area contributed by atoms with Crippen LogP contribution in [0.2, 0.25) is 0 Å². The maximum Gasteiger partial charge on any atom is 0.132 e. The van der Waals surface area contributed by atoms with Crippen molar-refractivity contribution < 1.29 is 9.50 Å². The van der Waals surface area contributed by atoms with E-state index in [1.165, 1.54) is 6.07 Å². The summed E-state index contributed by atoms with van der Waals surface area (Å²) in [5, 5.41) is 10.5. The molecule has 14 heavy (non-hydrogen) atoms. The molecule has 2 N–H and O–H groups in total. The van der Waals surface area contributed by atoms with Crippen LogP contribution in [0.25, 0.3) is 10.9 Å². The van der Waals surface area contributed by atoms with Crippen LogP contribution in [0.1, 0.15) is 11.7 Å². The van der Waals surface area contributed by atoms with Gasteiger partial charge in [-0.05, 0) is 12.1 Å². The monoisotopic (exact) mass is 257 g/mol. The number of hydrogen-bond donors (Lipinski definition) is 2. The van der Waals surface area contributed by atoms with E-state index in [9.17, 15) is 9.50 Å². The number of rotatable bonds is 2. The third kappa shape index (κ3) is 1.44. The summed E-state index contributed by atoms with van der Waals surface area (Å²) in [5.74, 6) is -0.307. The Morgan fingerprint density at radius 1 is 1.50 bits per heavy atom. The SMILES string of the molecule is OC(CBr)c1c[nH]c2cccc(F)c12. The molecule has 4 heteroatoms. The van der Waals surface area contributed by atoms with Crippen molar-refractivity contribution in [2.24, 2.45) is 0 Å². The van der Waals surface area contributed by atoms with Crippen molar-refractivity contribution in [3.63, 3.8) is 0 Å². The number of benzene rings is 1. The highest BCUT2D eigenvalue weighted by Gasteiger charge is 2.14. The predicted octanol–water partition coefficient (Wildman–Crippen LogP) is 2.74. The van der Waals surface area contributed by atoms with Crippen molar-refractivity contribution in [3.8, 4) is 0 Å². The van der Waals surface area contributed by atoms with Gasteiger partial charge in [-0.15, -0.1) is 0 Å². The minimum absolute atomic E-state index is 0.307. The first-order valence-electron chi connectivity index (χ1n) is 4.23. The van der Waals surface area contributed by atoms with Crippen LogP contribution in [0, 0.1) is 5.82 Å². The summed E-state index contributed by atoms with van der Waals surface area (Å²) >= 11 is 3.16. The van der Waals surface area contributed by atoms with E-state index in [1.54, 1.807) is 18.3 Å². The summed E-state index contributed by atoms with van der Waals surface area (Å²) in [7, 11) is 0. The van der Waals surface area contributed by atoms with Crippen molar-refractivity contribution >= 4 is 26.8 Å². The molecule has 0 saturated carbocycles.